The standard InChI is InChI=1S/C15H12F3N3O3/c16-15(17,18)11-4-8(7-19)5-12(20-11)21-13(22)9-2-1-3-10(6-9)14(23)24/h1-6H,7,19H2,(H,23,24)(H,20,21,22). The van der Waals surface area contributed by atoms with Gasteiger partial charge in [0.15, 0.2) is 0 Å². The highest BCUT2D eigenvalue weighted by atomic mass is 19.4. The van der Waals surface area contributed by atoms with Crippen LogP contribution in [-0.2, 0) is 12.7 Å². The molecule has 0 unspecified atom stereocenters. The number of nitrogens with one attached hydrogen (secondary N) is 1. The summed E-state index contributed by atoms with van der Waals surface area (Å²) in [6.45, 7) is -0.164. The Morgan fingerprint density at radius 1 is 1.17 bits per heavy atom. The van der Waals surface area contributed by atoms with Crippen LogP contribution >= 0.6 is 0 Å². The Morgan fingerprint density at radius 2 is 1.83 bits per heavy atom. The summed E-state index contributed by atoms with van der Waals surface area (Å²) >= 11 is 0. The fourth-order valence-electron chi connectivity index (χ4n) is 1.90. The van der Waals surface area contributed by atoms with Crippen molar-refractivity contribution in [1.82, 2.24) is 4.98 Å². The van der Waals surface area contributed by atoms with E-state index in [0.717, 1.165) is 12.1 Å². The molecular formula is C15H12F3N3O3. The Morgan fingerprint density at radius 3 is 2.42 bits per heavy atom. The van der Waals surface area contributed by atoms with E-state index in [2.05, 4.69) is 10.3 Å². The highest BCUT2D eigenvalue weighted by Gasteiger charge is 2.33. The number of anilines is 1. The first kappa shape index (κ1) is 17.4. The molecule has 0 spiro atoms. The first-order chi connectivity index (χ1) is 11.2. The molecule has 0 fully saturated rings. The van der Waals surface area contributed by atoms with Gasteiger partial charge >= 0.3 is 12.1 Å². The maximum atomic E-state index is 12.8. The summed E-state index contributed by atoms with van der Waals surface area (Å²) in [7, 11) is 0. The first-order valence-corrected chi connectivity index (χ1v) is 6.63. The van der Waals surface area contributed by atoms with Crippen molar-refractivity contribution >= 4 is 17.7 Å². The van der Waals surface area contributed by atoms with Gasteiger partial charge in [-0.3, -0.25) is 4.79 Å². The second-order valence-corrected chi connectivity index (χ2v) is 4.79. The van der Waals surface area contributed by atoms with E-state index in [-0.39, 0.29) is 29.1 Å². The molecule has 0 aliphatic carbocycles. The van der Waals surface area contributed by atoms with Crippen LogP contribution in [0.25, 0.3) is 0 Å². The quantitative estimate of drug-likeness (QED) is 0.794. The maximum absolute atomic E-state index is 12.8. The second kappa shape index (κ2) is 6.67. The fraction of sp³-hybridized carbons (Fsp3) is 0.133. The SMILES string of the molecule is NCc1cc(NC(=O)c2cccc(C(=O)O)c2)nc(C(F)(F)F)c1. The van der Waals surface area contributed by atoms with E-state index in [1.54, 1.807) is 0 Å². The molecule has 1 heterocycles. The summed E-state index contributed by atoms with van der Waals surface area (Å²) in [6.07, 6.45) is -4.69. The van der Waals surface area contributed by atoms with Crippen LogP contribution in [0.1, 0.15) is 32.0 Å². The third kappa shape index (κ3) is 4.07. The molecule has 1 amide bonds. The number of alkyl halides is 3. The molecule has 0 aliphatic rings. The monoisotopic (exact) mass is 339 g/mol. The molecule has 0 bridgehead atoms. The van der Waals surface area contributed by atoms with Gasteiger partial charge in [-0.15, -0.1) is 0 Å². The zero-order valence-electron chi connectivity index (χ0n) is 12.1. The molecule has 126 valence electrons. The number of nitrogens with zero attached hydrogens (tertiary/aromatic N) is 1. The molecule has 2 aromatic rings. The average molecular weight is 339 g/mol. The van der Waals surface area contributed by atoms with Crippen LogP contribution in [0.5, 0.6) is 0 Å². The number of hydrogen-bond acceptors (Lipinski definition) is 4. The van der Waals surface area contributed by atoms with Crippen molar-refractivity contribution in [3.63, 3.8) is 0 Å². The number of carboxylic acid groups (broad SMARTS) is 1. The molecule has 2 rings (SSSR count). The van der Waals surface area contributed by atoms with Crippen molar-refractivity contribution in [3.8, 4) is 0 Å². The first-order valence-electron chi connectivity index (χ1n) is 6.63. The van der Waals surface area contributed by atoms with E-state index in [1.165, 1.54) is 24.3 Å². The average Bonchev–Trinajstić information content (AvgIpc) is 2.53. The summed E-state index contributed by atoms with van der Waals surface area (Å²) < 4.78 is 38.4. The number of aromatic carboxylic acids is 1. The molecule has 0 aliphatic heterocycles. The van der Waals surface area contributed by atoms with E-state index in [0.29, 0.717) is 0 Å². The smallest absolute Gasteiger partial charge is 0.433 e. The lowest BCUT2D eigenvalue weighted by Crippen LogP contribution is -2.17. The van der Waals surface area contributed by atoms with Crippen molar-refractivity contribution in [1.29, 1.82) is 0 Å². The predicted molar refractivity (Wildman–Crippen MR) is 78.5 cm³/mol. The van der Waals surface area contributed by atoms with Crippen molar-refractivity contribution in [3.05, 3.63) is 58.8 Å². The van der Waals surface area contributed by atoms with Gasteiger partial charge in [0.2, 0.25) is 0 Å². The van der Waals surface area contributed by atoms with Crippen molar-refractivity contribution in [2.45, 2.75) is 12.7 Å². The molecular weight excluding hydrogens is 327 g/mol. The molecule has 0 atom stereocenters. The molecule has 0 saturated carbocycles. The highest BCUT2D eigenvalue weighted by Crippen LogP contribution is 2.29. The van der Waals surface area contributed by atoms with Gasteiger partial charge in [0.05, 0.1) is 5.56 Å². The number of benzene rings is 1. The van der Waals surface area contributed by atoms with Crippen LogP contribution in [0.15, 0.2) is 36.4 Å². The molecule has 9 heteroatoms. The van der Waals surface area contributed by atoms with Crippen LogP contribution in [-0.4, -0.2) is 22.0 Å². The minimum absolute atomic E-state index is 0.0246. The van der Waals surface area contributed by atoms with Gasteiger partial charge in [-0.05, 0) is 35.9 Å². The lowest BCUT2D eigenvalue weighted by atomic mass is 10.1. The minimum atomic E-state index is -4.69. The number of aromatic nitrogens is 1. The van der Waals surface area contributed by atoms with Gasteiger partial charge < -0.3 is 16.2 Å². The van der Waals surface area contributed by atoms with Gasteiger partial charge in [-0.2, -0.15) is 13.2 Å². The van der Waals surface area contributed by atoms with Gasteiger partial charge in [-0.25, -0.2) is 9.78 Å². The molecule has 0 saturated heterocycles. The molecule has 24 heavy (non-hydrogen) atoms. The number of hydrogen-bond donors (Lipinski definition) is 3. The maximum Gasteiger partial charge on any atom is 0.433 e. The summed E-state index contributed by atoms with van der Waals surface area (Å²) in [6, 6.07) is 7.08. The van der Waals surface area contributed by atoms with Crippen molar-refractivity contribution < 1.29 is 27.9 Å². The van der Waals surface area contributed by atoms with E-state index >= 15 is 0 Å². The number of nitrogens with two attached hydrogens (primary N) is 1. The lowest BCUT2D eigenvalue weighted by Gasteiger charge is -2.11. The number of rotatable bonds is 4. The number of carboxylic acids is 1. The molecule has 4 N–H and O–H groups in total. The Bertz CT molecular complexity index is 791. The van der Waals surface area contributed by atoms with Crippen LogP contribution in [0.2, 0.25) is 0 Å². The van der Waals surface area contributed by atoms with Crippen molar-refractivity contribution in [2.75, 3.05) is 5.32 Å². The lowest BCUT2D eigenvalue weighted by molar-refractivity contribution is -0.141. The van der Waals surface area contributed by atoms with E-state index < -0.39 is 23.7 Å². The largest absolute Gasteiger partial charge is 0.478 e. The Kier molecular flexibility index (Phi) is 4.84. The minimum Gasteiger partial charge on any atom is -0.478 e. The fourth-order valence-corrected chi connectivity index (χ4v) is 1.90. The molecule has 0 radical (unpaired) electrons. The van der Waals surface area contributed by atoms with Crippen molar-refractivity contribution in [2.24, 2.45) is 5.73 Å². The highest BCUT2D eigenvalue weighted by molar-refractivity contribution is 6.05. The Hall–Kier alpha value is -2.94. The van der Waals surface area contributed by atoms with Gasteiger partial charge in [-0.1, -0.05) is 6.07 Å². The third-order valence-electron chi connectivity index (χ3n) is 3.02. The summed E-state index contributed by atoms with van der Waals surface area (Å²) in [5, 5.41) is 11.1. The number of amides is 1. The van der Waals surface area contributed by atoms with Crippen LogP contribution < -0.4 is 11.1 Å². The number of carbonyl (C=O) groups is 2. The second-order valence-electron chi connectivity index (χ2n) is 4.79. The van der Waals surface area contributed by atoms with Crippen LogP contribution in [0.3, 0.4) is 0 Å². The number of carbonyl (C=O) groups excluding carboxylic acids is 1. The van der Waals surface area contributed by atoms with E-state index in [1.807, 2.05) is 0 Å². The topological polar surface area (TPSA) is 105 Å². The molecule has 1 aromatic carbocycles. The summed E-state index contributed by atoms with van der Waals surface area (Å²) in [5.74, 6) is -2.34. The van der Waals surface area contributed by atoms with Crippen LogP contribution in [0.4, 0.5) is 19.0 Å². The predicted octanol–water partition coefficient (Wildman–Crippen LogP) is 2.51. The van der Waals surface area contributed by atoms with Gasteiger partial charge in [0.1, 0.15) is 11.5 Å². The summed E-state index contributed by atoms with van der Waals surface area (Å²) in [5.41, 5.74) is 4.17. The van der Waals surface area contributed by atoms with E-state index in [9.17, 15) is 22.8 Å². The van der Waals surface area contributed by atoms with Gasteiger partial charge in [0, 0.05) is 12.1 Å². The zero-order valence-corrected chi connectivity index (χ0v) is 12.1. The molecule has 6 nitrogen and oxygen atoms in total. The Balaban J connectivity index is 2.32. The normalized spacial score (nSPS) is 11.2. The van der Waals surface area contributed by atoms with Gasteiger partial charge in [0.25, 0.3) is 5.91 Å². The zero-order chi connectivity index (χ0) is 17.9. The number of halogens is 3. The Labute approximate surface area is 134 Å². The van der Waals surface area contributed by atoms with Crippen LogP contribution in [0, 0.1) is 0 Å². The number of pyridine rings is 1. The molecule has 1 aromatic heterocycles. The third-order valence-corrected chi connectivity index (χ3v) is 3.02. The summed E-state index contributed by atoms with van der Waals surface area (Å²) in [4.78, 5) is 26.3. The van der Waals surface area contributed by atoms with E-state index in [4.69, 9.17) is 10.8 Å².